The summed E-state index contributed by atoms with van der Waals surface area (Å²) in [7, 11) is 0. The summed E-state index contributed by atoms with van der Waals surface area (Å²) in [4.78, 5) is 15.6. The van der Waals surface area contributed by atoms with E-state index in [4.69, 9.17) is 15.0 Å². The van der Waals surface area contributed by atoms with Crippen LogP contribution in [-0.4, -0.2) is 24.1 Å². The Morgan fingerprint density at radius 1 is 0.413 bits per heavy atom. The average Bonchev–Trinajstić information content (AvgIpc) is 3.60. The van der Waals surface area contributed by atoms with Gasteiger partial charge in [-0.2, -0.15) is 9.97 Å². The molecule has 0 amide bonds. The van der Waals surface area contributed by atoms with Crippen LogP contribution < -0.4 is 0 Å². The normalized spacial score (nSPS) is 11.7. The highest BCUT2D eigenvalue weighted by Crippen LogP contribution is 2.37. The van der Waals surface area contributed by atoms with Gasteiger partial charge in [0.1, 0.15) is 0 Å². The lowest BCUT2D eigenvalue weighted by Gasteiger charge is -2.15. The molecular formula is C41H29N5. The fourth-order valence-electron chi connectivity index (χ4n) is 6.81. The minimum atomic E-state index is 0.589. The first-order valence-electron chi connectivity index (χ1n) is 15.6. The van der Waals surface area contributed by atoms with Gasteiger partial charge in [-0.05, 0) is 62.4 Å². The molecular weight excluding hydrogens is 562 g/mol. The smallest absolute Gasteiger partial charge is 0.238 e. The van der Waals surface area contributed by atoms with Crippen LogP contribution in [0.4, 0.5) is 0 Å². The van der Waals surface area contributed by atoms with Gasteiger partial charge < -0.3 is 4.57 Å². The molecule has 218 valence electrons. The molecule has 0 saturated heterocycles. The van der Waals surface area contributed by atoms with Crippen LogP contribution in [0.15, 0.2) is 140 Å². The Balaban J connectivity index is 1.36. The topological polar surface area (TPSA) is 48.5 Å². The number of para-hydroxylation sites is 3. The molecule has 0 aliphatic carbocycles. The van der Waals surface area contributed by atoms with E-state index in [1.165, 1.54) is 32.7 Å². The molecule has 0 N–H and O–H groups in total. The molecule has 0 unspecified atom stereocenters. The van der Waals surface area contributed by atoms with Crippen LogP contribution in [0, 0.1) is 13.8 Å². The number of rotatable bonds is 4. The Labute approximate surface area is 266 Å². The molecule has 0 spiro atoms. The van der Waals surface area contributed by atoms with Crippen molar-refractivity contribution in [2.75, 3.05) is 0 Å². The lowest BCUT2D eigenvalue weighted by Crippen LogP contribution is -2.07. The maximum absolute atomic E-state index is 5.27. The molecule has 0 bridgehead atoms. The zero-order valence-corrected chi connectivity index (χ0v) is 25.5. The third-order valence-electron chi connectivity index (χ3n) is 8.90. The van der Waals surface area contributed by atoms with Gasteiger partial charge in [0, 0.05) is 32.7 Å². The van der Waals surface area contributed by atoms with Gasteiger partial charge in [-0.1, -0.05) is 102 Å². The van der Waals surface area contributed by atoms with E-state index in [1.807, 2.05) is 18.2 Å². The monoisotopic (exact) mass is 591 g/mol. The minimum absolute atomic E-state index is 0.589. The molecule has 6 aromatic carbocycles. The van der Waals surface area contributed by atoms with Crippen molar-refractivity contribution in [3.05, 3.63) is 151 Å². The van der Waals surface area contributed by atoms with Gasteiger partial charge in [-0.3, -0.25) is 4.57 Å². The lowest BCUT2D eigenvalue weighted by atomic mass is 10.1. The standard InChI is InChI=1S/C41H29N5/c1-26-20-22-37-32(24-26)29-14-6-9-17-34(29)45(37)36-19-11-8-16-31(36)40-42-39(28-12-4-3-5-13-28)43-41(44-40)46-35-18-10-7-15-30(35)33-25-27(2)21-23-38(33)46/h3-25H,1-2H3. The van der Waals surface area contributed by atoms with Crippen LogP contribution in [0.1, 0.15) is 11.1 Å². The molecule has 46 heavy (non-hydrogen) atoms. The van der Waals surface area contributed by atoms with Crippen molar-refractivity contribution in [3.63, 3.8) is 0 Å². The Morgan fingerprint density at radius 2 is 0.935 bits per heavy atom. The highest BCUT2D eigenvalue weighted by molar-refractivity contribution is 6.10. The number of hydrogen-bond donors (Lipinski definition) is 0. The van der Waals surface area contributed by atoms with Gasteiger partial charge in [0.25, 0.3) is 0 Å². The first kappa shape index (κ1) is 26.3. The highest BCUT2D eigenvalue weighted by Gasteiger charge is 2.21. The Bertz CT molecular complexity index is 2610. The van der Waals surface area contributed by atoms with Crippen molar-refractivity contribution in [3.8, 4) is 34.4 Å². The summed E-state index contributed by atoms with van der Waals surface area (Å²) >= 11 is 0. The summed E-state index contributed by atoms with van der Waals surface area (Å²) < 4.78 is 4.52. The van der Waals surface area contributed by atoms with Crippen molar-refractivity contribution in [2.45, 2.75) is 13.8 Å². The van der Waals surface area contributed by atoms with Crippen LogP contribution in [-0.2, 0) is 0 Å². The molecule has 0 aliphatic heterocycles. The van der Waals surface area contributed by atoms with E-state index in [-0.39, 0.29) is 0 Å². The van der Waals surface area contributed by atoms with E-state index in [0.717, 1.165) is 38.9 Å². The van der Waals surface area contributed by atoms with E-state index < -0.39 is 0 Å². The van der Waals surface area contributed by atoms with Gasteiger partial charge >= 0.3 is 0 Å². The third-order valence-corrected chi connectivity index (χ3v) is 8.90. The number of nitrogens with zero attached hydrogens (tertiary/aromatic N) is 5. The Morgan fingerprint density at radius 3 is 1.63 bits per heavy atom. The molecule has 0 radical (unpaired) electrons. The van der Waals surface area contributed by atoms with Gasteiger partial charge in [-0.25, -0.2) is 4.98 Å². The predicted octanol–water partition coefficient (Wildman–Crippen LogP) is 10.0. The second-order valence-electron chi connectivity index (χ2n) is 11.9. The van der Waals surface area contributed by atoms with Crippen LogP contribution >= 0.6 is 0 Å². The zero-order valence-electron chi connectivity index (χ0n) is 25.5. The fraction of sp³-hybridized carbons (Fsp3) is 0.0488. The fourth-order valence-corrected chi connectivity index (χ4v) is 6.81. The van der Waals surface area contributed by atoms with Crippen LogP contribution in [0.3, 0.4) is 0 Å². The Kier molecular flexibility index (Phi) is 5.87. The first-order chi connectivity index (χ1) is 22.6. The third kappa shape index (κ3) is 4.06. The molecule has 5 nitrogen and oxygen atoms in total. The molecule has 9 aromatic rings. The first-order valence-corrected chi connectivity index (χ1v) is 15.6. The summed E-state index contributed by atoms with van der Waals surface area (Å²) in [5.41, 5.74) is 9.76. The summed E-state index contributed by atoms with van der Waals surface area (Å²) in [6.07, 6.45) is 0. The Hall–Kier alpha value is -6.07. The quantitative estimate of drug-likeness (QED) is 0.205. The van der Waals surface area contributed by atoms with Gasteiger partial charge in [0.2, 0.25) is 5.95 Å². The zero-order chi connectivity index (χ0) is 30.8. The van der Waals surface area contributed by atoms with E-state index in [0.29, 0.717) is 17.6 Å². The summed E-state index contributed by atoms with van der Waals surface area (Å²) in [5, 5.41) is 4.80. The SMILES string of the molecule is Cc1ccc2c(c1)c1ccccc1n2-c1nc(-c2ccccc2)nc(-c2ccccc2-n2c3ccccc3c3cc(C)ccc32)n1. The molecule has 3 heterocycles. The predicted molar refractivity (Wildman–Crippen MR) is 189 cm³/mol. The van der Waals surface area contributed by atoms with Crippen molar-refractivity contribution in [1.29, 1.82) is 0 Å². The van der Waals surface area contributed by atoms with Crippen LogP contribution in [0.5, 0.6) is 0 Å². The molecule has 0 fully saturated rings. The number of fused-ring (bicyclic) bond motifs is 6. The maximum Gasteiger partial charge on any atom is 0.238 e. The maximum atomic E-state index is 5.27. The van der Waals surface area contributed by atoms with E-state index in [1.54, 1.807) is 0 Å². The van der Waals surface area contributed by atoms with Crippen molar-refractivity contribution in [1.82, 2.24) is 24.1 Å². The highest BCUT2D eigenvalue weighted by atomic mass is 15.2. The largest absolute Gasteiger partial charge is 0.309 e. The van der Waals surface area contributed by atoms with Crippen molar-refractivity contribution in [2.24, 2.45) is 0 Å². The summed E-state index contributed by atoms with van der Waals surface area (Å²) in [6, 6.07) is 48.9. The number of hydrogen-bond acceptors (Lipinski definition) is 3. The van der Waals surface area contributed by atoms with Crippen molar-refractivity contribution < 1.29 is 0 Å². The van der Waals surface area contributed by atoms with E-state index in [9.17, 15) is 0 Å². The molecule has 0 aliphatic rings. The van der Waals surface area contributed by atoms with E-state index in [2.05, 4.69) is 144 Å². The van der Waals surface area contributed by atoms with E-state index >= 15 is 0 Å². The van der Waals surface area contributed by atoms with Gasteiger partial charge in [-0.15, -0.1) is 0 Å². The van der Waals surface area contributed by atoms with Crippen molar-refractivity contribution >= 4 is 43.6 Å². The summed E-state index contributed by atoms with van der Waals surface area (Å²) in [5.74, 6) is 1.84. The average molecular weight is 592 g/mol. The van der Waals surface area contributed by atoms with Gasteiger partial charge in [0.05, 0.1) is 27.8 Å². The molecule has 9 rings (SSSR count). The number of aryl methyl sites for hydroxylation is 2. The number of aromatic nitrogens is 5. The van der Waals surface area contributed by atoms with Gasteiger partial charge in [0.15, 0.2) is 11.6 Å². The van der Waals surface area contributed by atoms with Crippen LogP contribution in [0.2, 0.25) is 0 Å². The second kappa shape index (κ2) is 10.2. The number of benzene rings is 6. The molecule has 3 aromatic heterocycles. The molecule has 5 heteroatoms. The second-order valence-corrected chi connectivity index (χ2v) is 11.9. The molecule has 0 atom stereocenters. The summed E-state index contributed by atoms with van der Waals surface area (Å²) in [6.45, 7) is 4.28. The van der Waals surface area contributed by atoms with Crippen LogP contribution in [0.25, 0.3) is 78.0 Å². The lowest BCUT2D eigenvalue weighted by molar-refractivity contribution is 0.951. The minimum Gasteiger partial charge on any atom is -0.309 e. The molecule has 0 saturated carbocycles.